The van der Waals surface area contributed by atoms with E-state index in [2.05, 4.69) is 5.32 Å². The van der Waals surface area contributed by atoms with Gasteiger partial charge in [-0.3, -0.25) is 0 Å². The lowest BCUT2D eigenvalue weighted by atomic mass is 10.1. The molecule has 0 amide bonds. The number of aryl methyl sites for hydroxylation is 2. The summed E-state index contributed by atoms with van der Waals surface area (Å²) in [6.07, 6.45) is 0. The van der Waals surface area contributed by atoms with Gasteiger partial charge < -0.3 is 10.1 Å². The Morgan fingerprint density at radius 3 is 2.53 bits per heavy atom. The van der Waals surface area contributed by atoms with Gasteiger partial charge >= 0.3 is 0 Å². The Hall–Kier alpha value is -1.87. The van der Waals surface area contributed by atoms with Crippen LogP contribution in [0.2, 0.25) is 0 Å². The van der Waals surface area contributed by atoms with Gasteiger partial charge in [0.05, 0.1) is 0 Å². The first-order chi connectivity index (χ1) is 9.10. The largest absolute Gasteiger partial charge is 0.454 e. The standard InChI is InChI=1S/C16H18FNO/c1-11-4-5-12(2)16(8-11)19-15-7-6-13(10-18-3)9-14(15)17/h4-9,18H,10H2,1-3H3. The fourth-order valence-electron chi connectivity index (χ4n) is 1.88. The topological polar surface area (TPSA) is 21.3 Å². The van der Waals surface area contributed by atoms with Crippen molar-refractivity contribution in [2.45, 2.75) is 20.4 Å². The van der Waals surface area contributed by atoms with Gasteiger partial charge in [0.25, 0.3) is 0 Å². The van der Waals surface area contributed by atoms with E-state index in [1.807, 2.05) is 45.2 Å². The van der Waals surface area contributed by atoms with Crippen molar-refractivity contribution >= 4 is 0 Å². The summed E-state index contributed by atoms with van der Waals surface area (Å²) >= 11 is 0. The zero-order valence-corrected chi connectivity index (χ0v) is 11.5. The zero-order chi connectivity index (χ0) is 13.8. The highest BCUT2D eigenvalue weighted by atomic mass is 19.1. The maximum atomic E-state index is 13.9. The third kappa shape index (κ3) is 3.32. The Kier molecular flexibility index (Phi) is 4.17. The second kappa shape index (κ2) is 5.85. The number of nitrogens with one attached hydrogen (secondary N) is 1. The molecule has 0 aliphatic rings. The van der Waals surface area contributed by atoms with E-state index in [1.54, 1.807) is 6.07 Å². The van der Waals surface area contributed by atoms with Crippen LogP contribution in [0.5, 0.6) is 11.5 Å². The normalized spacial score (nSPS) is 10.5. The lowest BCUT2D eigenvalue weighted by molar-refractivity contribution is 0.438. The van der Waals surface area contributed by atoms with Crippen LogP contribution in [0.15, 0.2) is 36.4 Å². The number of halogens is 1. The summed E-state index contributed by atoms with van der Waals surface area (Å²) in [5, 5.41) is 2.99. The summed E-state index contributed by atoms with van der Waals surface area (Å²) in [5.41, 5.74) is 2.98. The Morgan fingerprint density at radius 1 is 1.05 bits per heavy atom. The molecule has 0 saturated carbocycles. The second-order valence-electron chi connectivity index (χ2n) is 4.67. The molecule has 2 rings (SSSR count). The molecule has 0 aliphatic heterocycles. The molecule has 1 N–H and O–H groups in total. The molecule has 0 saturated heterocycles. The average Bonchev–Trinajstić information content (AvgIpc) is 2.37. The third-order valence-corrected chi connectivity index (χ3v) is 2.94. The molecule has 0 atom stereocenters. The maximum Gasteiger partial charge on any atom is 0.166 e. The molecule has 19 heavy (non-hydrogen) atoms. The first kappa shape index (κ1) is 13.6. The van der Waals surface area contributed by atoms with Crippen LogP contribution in [0.25, 0.3) is 0 Å². The molecule has 100 valence electrons. The van der Waals surface area contributed by atoms with Crippen molar-refractivity contribution in [3.05, 3.63) is 58.9 Å². The summed E-state index contributed by atoms with van der Waals surface area (Å²) in [6.45, 7) is 4.57. The molecule has 0 spiro atoms. The minimum absolute atomic E-state index is 0.258. The van der Waals surface area contributed by atoms with E-state index in [0.29, 0.717) is 12.3 Å². The molecular formula is C16H18FNO. The van der Waals surface area contributed by atoms with E-state index in [0.717, 1.165) is 16.7 Å². The zero-order valence-electron chi connectivity index (χ0n) is 11.5. The number of benzene rings is 2. The summed E-state index contributed by atoms with van der Waals surface area (Å²) in [7, 11) is 1.83. The van der Waals surface area contributed by atoms with Crippen LogP contribution in [-0.2, 0) is 6.54 Å². The van der Waals surface area contributed by atoms with Crippen molar-refractivity contribution in [2.75, 3.05) is 7.05 Å². The minimum atomic E-state index is -0.339. The summed E-state index contributed by atoms with van der Waals surface area (Å²) in [5.74, 6) is 0.613. The monoisotopic (exact) mass is 259 g/mol. The maximum absolute atomic E-state index is 13.9. The predicted molar refractivity (Wildman–Crippen MR) is 75.2 cm³/mol. The molecule has 0 aliphatic carbocycles. The first-order valence-corrected chi connectivity index (χ1v) is 6.28. The molecule has 0 aromatic heterocycles. The lowest BCUT2D eigenvalue weighted by Crippen LogP contribution is -2.05. The first-order valence-electron chi connectivity index (χ1n) is 6.28. The van der Waals surface area contributed by atoms with Gasteiger partial charge in [-0.2, -0.15) is 0 Å². The fraction of sp³-hybridized carbons (Fsp3) is 0.250. The smallest absolute Gasteiger partial charge is 0.166 e. The van der Waals surface area contributed by atoms with E-state index in [4.69, 9.17) is 4.74 Å². The van der Waals surface area contributed by atoms with Gasteiger partial charge in [-0.15, -0.1) is 0 Å². The van der Waals surface area contributed by atoms with Gasteiger partial charge in [0.2, 0.25) is 0 Å². The number of rotatable bonds is 4. The molecular weight excluding hydrogens is 241 g/mol. The quantitative estimate of drug-likeness (QED) is 0.897. The number of hydrogen-bond donors (Lipinski definition) is 1. The predicted octanol–water partition coefficient (Wildman–Crippen LogP) is 3.95. The summed E-state index contributed by atoms with van der Waals surface area (Å²) in [4.78, 5) is 0. The third-order valence-electron chi connectivity index (χ3n) is 2.94. The van der Waals surface area contributed by atoms with E-state index < -0.39 is 0 Å². The molecule has 0 heterocycles. The van der Waals surface area contributed by atoms with Gasteiger partial charge in [-0.05, 0) is 55.8 Å². The fourth-order valence-corrected chi connectivity index (χ4v) is 1.88. The van der Waals surface area contributed by atoms with Gasteiger partial charge in [-0.1, -0.05) is 18.2 Å². The van der Waals surface area contributed by atoms with Gasteiger partial charge in [0.15, 0.2) is 11.6 Å². The average molecular weight is 259 g/mol. The summed E-state index contributed by atoms with van der Waals surface area (Å²) < 4.78 is 19.6. The van der Waals surface area contributed by atoms with E-state index in [-0.39, 0.29) is 11.6 Å². The molecule has 0 unspecified atom stereocenters. The van der Waals surface area contributed by atoms with Crippen LogP contribution in [-0.4, -0.2) is 7.05 Å². The van der Waals surface area contributed by atoms with Crippen LogP contribution in [0.1, 0.15) is 16.7 Å². The highest BCUT2D eigenvalue weighted by molar-refractivity contribution is 5.40. The SMILES string of the molecule is CNCc1ccc(Oc2cc(C)ccc2C)c(F)c1. The van der Waals surface area contributed by atoms with Crippen molar-refractivity contribution in [3.63, 3.8) is 0 Å². The number of hydrogen-bond acceptors (Lipinski definition) is 2. The molecule has 2 aromatic rings. The highest BCUT2D eigenvalue weighted by Gasteiger charge is 2.08. The Bertz CT molecular complexity index is 581. The van der Waals surface area contributed by atoms with Crippen LogP contribution < -0.4 is 10.1 Å². The summed E-state index contributed by atoms with van der Waals surface area (Å²) in [6, 6.07) is 10.9. The van der Waals surface area contributed by atoms with Gasteiger partial charge in [-0.25, -0.2) is 4.39 Å². The van der Waals surface area contributed by atoms with Crippen LogP contribution in [0.3, 0.4) is 0 Å². The molecule has 3 heteroatoms. The van der Waals surface area contributed by atoms with Crippen molar-refractivity contribution in [1.29, 1.82) is 0 Å². The highest BCUT2D eigenvalue weighted by Crippen LogP contribution is 2.28. The van der Waals surface area contributed by atoms with Crippen molar-refractivity contribution in [3.8, 4) is 11.5 Å². The molecule has 2 aromatic carbocycles. The Morgan fingerprint density at radius 2 is 1.84 bits per heavy atom. The van der Waals surface area contributed by atoms with Crippen molar-refractivity contribution in [1.82, 2.24) is 5.32 Å². The van der Waals surface area contributed by atoms with Gasteiger partial charge in [0, 0.05) is 6.54 Å². The van der Waals surface area contributed by atoms with Crippen molar-refractivity contribution in [2.24, 2.45) is 0 Å². The molecule has 0 fully saturated rings. The van der Waals surface area contributed by atoms with Crippen LogP contribution in [0.4, 0.5) is 4.39 Å². The Balaban J connectivity index is 2.25. The van der Waals surface area contributed by atoms with Crippen LogP contribution >= 0.6 is 0 Å². The molecule has 0 radical (unpaired) electrons. The number of ether oxygens (including phenoxy) is 1. The second-order valence-corrected chi connectivity index (χ2v) is 4.67. The van der Waals surface area contributed by atoms with E-state index in [1.165, 1.54) is 6.07 Å². The van der Waals surface area contributed by atoms with Crippen LogP contribution in [0, 0.1) is 19.7 Å². The Labute approximate surface area is 113 Å². The van der Waals surface area contributed by atoms with Gasteiger partial charge in [0.1, 0.15) is 5.75 Å². The minimum Gasteiger partial charge on any atom is -0.454 e. The van der Waals surface area contributed by atoms with Crippen molar-refractivity contribution < 1.29 is 9.13 Å². The van der Waals surface area contributed by atoms with E-state index >= 15 is 0 Å². The molecule has 0 bridgehead atoms. The van der Waals surface area contributed by atoms with E-state index in [9.17, 15) is 4.39 Å². The lowest BCUT2D eigenvalue weighted by Gasteiger charge is -2.11. The molecule has 2 nitrogen and oxygen atoms in total.